The van der Waals surface area contributed by atoms with E-state index in [2.05, 4.69) is 10.0 Å². The summed E-state index contributed by atoms with van der Waals surface area (Å²) in [4.78, 5) is 11.3. The van der Waals surface area contributed by atoms with Gasteiger partial charge in [0.15, 0.2) is 0 Å². The molecule has 1 unspecified atom stereocenters. The second-order valence-electron chi connectivity index (χ2n) is 4.80. The Labute approximate surface area is 136 Å². The standard InChI is InChI=1S/C13H12ClN3O3S2/c14-8-4-3-7-6-9(13(15)18)16-11(7)12(8)17-22(19,20)10-2-1-5-21-10/h1-5,9,16-17H,6H2,(H2,15,18). The van der Waals surface area contributed by atoms with Gasteiger partial charge in [0.05, 0.1) is 16.4 Å². The molecular formula is C13H12ClN3O3S2. The van der Waals surface area contributed by atoms with Gasteiger partial charge in [-0.15, -0.1) is 11.3 Å². The molecule has 0 saturated carbocycles. The molecule has 0 spiro atoms. The summed E-state index contributed by atoms with van der Waals surface area (Å²) < 4.78 is 27.4. The molecule has 116 valence electrons. The van der Waals surface area contributed by atoms with E-state index in [1.54, 1.807) is 23.6 Å². The first-order valence-corrected chi connectivity index (χ1v) is 9.06. The predicted molar refractivity (Wildman–Crippen MR) is 86.9 cm³/mol. The normalized spacial score (nSPS) is 16.9. The second-order valence-corrected chi connectivity index (χ2v) is 8.06. The Bertz CT molecular complexity index is 834. The SMILES string of the molecule is NC(=O)C1Cc2ccc(Cl)c(NS(=O)(=O)c3cccs3)c2N1. The highest BCUT2D eigenvalue weighted by atomic mass is 35.5. The molecule has 1 aromatic heterocycles. The molecule has 2 aromatic rings. The third-order valence-electron chi connectivity index (χ3n) is 3.32. The topological polar surface area (TPSA) is 101 Å². The van der Waals surface area contributed by atoms with Crippen LogP contribution in [0.25, 0.3) is 0 Å². The number of primary amides is 1. The van der Waals surface area contributed by atoms with Gasteiger partial charge in [-0.25, -0.2) is 8.42 Å². The summed E-state index contributed by atoms with van der Waals surface area (Å²) in [5.74, 6) is -0.501. The van der Waals surface area contributed by atoms with Crippen molar-refractivity contribution in [3.63, 3.8) is 0 Å². The summed E-state index contributed by atoms with van der Waals surface area (Å²) in [7, 11) is -3.72. The van der Waals surface area contributed by atoms with Crippen LogP contribution in [0.15, 0.2) is 33.9 Å². The van der Waals surface area contributed by atoms with Gasteiger partial charge in [0.25, 0.3) is 10.0 Å². The molecule has 6 nitrogen and oxygen atoms in total. The van der Waals surface area contributed by atoms with Crippen molar-refractivity contribution in [3.8, 4) is 0 Å². The second kappa shape index (κ2) is 5.45. The minimum absolute atomic E-state index is 0.186. The Hall–Kier alpha value is -1.77. The van der Waals surface area contributed by atoms with Crippen LogP contribution in [-0.4, -0.2) is 20.4 Å². The zero-order valence-electron chi connectivity index (χ0n) is 11.2. The maximum atomic E-state index is 12.4. The van der Waals surface area contributed by atoms with E-state index in [1.165, 1.54) is 6.07 Å². The van der Waals surface area contributed by atoms with Crippen molar-refractivity contribution in [2.45, 2.75) is 16.7 Å². The molecule has 0 radical (unpaired) electrons. The highest BCUT2D eigenvalue weighted by Gasteiger charge is 2.29. The van der Waals surface area contributed by atoms with E-state index in [1.807, 2.05) is 0 Å². The van der Waals surface area contributed by atoms with Crippen molar-refractivity contribution >= 4 is 50.2 Å². The molecule has 9 heteroatoms. The number of fused-ring (bicyclic) bond motifs is 1. The van der Waals surface area contributed by atoms with Gasteiger partial charge < -0.3 is 11.1 Å². The van der Waals surface area contributed by atoms with Crippen molar-refractivity contribution in [3.05, 3.63) is 40.2 Å². The summed E-state index contributed by atoms with van der Waals surface area (Å²) in [5.41, 5.74) is 6.82. The van der Waals surface area contributed by atoms with Crippen LogP contribution in [0.1, 0.15) is 5.56 Å². The summed E-state index contributed by atoms with van der Waals surface area (Å²) in [6, 6.07) is 5.92. The molecule has 1 aliphatic rings. The van der Waals surface area contributed by atoms with Crippen molar-refractivity contribution < 1.29 is 13.2 Å². The first-order chi connectivity index (χ1) is 10.4. The number of carbonyl (C=O) groups is 1. The van der Waals surface area contributed by atoms with E-state index in [-0.39, 0.29) is 14.9 Å². The van der Waals surface area contributed by atoms with Crippen molar-refractivity contribution in [2.24, 2.45) is 5.73 Å². The summed E-state index contributed by atoms with van der Waals surface area (Å²) in [6.07, 6.45) is 0.398. The Morgan fingerprint density at radius 2 is 2.18 bits per heavy atom. The van der Waals surface area contributed by atoms with E-state index >= 15 is 0 Å². The summed E-state index contributed by atoms with van der Waals surface area (Å²) in [6.45, 7) is 0. The number of nitrogens with two attached hydrogens (primary N) is 1. The number of hydrogen-bond acceptors (Lipinski definition) is 5. The molecule has 3 rings (SSSR count). The van der Waals surface area contributed by atoms with Crippen LogP contribution in [0.3, 0.4) is 0 Å². The summed E-state index contributed by atoms with van der Waals surface area (Å²) in [5, 5.41) is 4.85. The number of hydrogen-bond donors (Lipinski definition) is 3. The zero-order valence-corrected chi connectivity index (χ0v) is 13.6. The van der Waals surface area contributed by atoms with Gasteiger partial charge in [-0.1, -0.05) is 23.7 Å². The van der Waals surface area contributed by atoms with E-state index in [4.69, 9.17) is 17.3 Å². The molecule has 0 fully saturated rings. The Morgan fingerprint density at radius 3 is 2.82 bits per heavy atom. The van der Waals surface area contributed by atoms with Crippen LogP contribution in [0, 0.1) is 0 Å². The Balaban J connectivity index is 2.00. The van der Waals surface area contributed by atoms with Crippen molar-refractivity contribution in [1.29, 1.82) is 0 Å². The van der Waals surface area contributed by atoms with Crippen LogP contribution >= 0.6 is 22.9 Å². The van der Waals surface area contributed by atoms with Crippen LogP contribution in [0.4, 0.5) is 11.4 Å². The van der Waals surface area contributed by atoms with E-state index in [9.17, 15) is 13.2 Å². The van der Waals surface area contributed by atoms with Gasteiger partial charge in [-0.3, -0.25) is 9.52 Å². The monoisotopic (exact) mass is 357 g/mol. The third kappa shape index (κ3) is 2.65. The molecular weight excluding hydrogens is 346 g/mol. The molecule has 2 heterocycles. The zero-order chi connectivity index (χ0) is 15.9. The molecule has 1 amide bonds. The molecule has 22 heavy (non-hydrogen) atoms. The van der Waals surface area contributed by atoms with Gasteiger partial charge in [-0.2, -0.15) is 0 Å². The first-order valence-electron chi connectivity index (χ1n) is 6.32. The molecule has 0 bridgehead atoms. The van der Waals surface area contributed by atoms with Gasteiger partial charge in [-0.05, 0) is 23.1 Å². The fourth-order valence-corrected chi connectivity index (χ4v) is 4.62. The van der Waals surface area contributed by atoms with Gasteiger partial charge in [0.1, 0.15) is 10.3 Å². The first kappa shape index (κ1) is 15.1. The quantitative estimate of drug-likeness (QED) is 0.779. The lowest BCUT2D eigenvalue weighted by Crippen LogP contribution is -2.33. The average molecular weight is 358 g/mol. The number of nitrogens with one attached hydrogen (secondary N) is 2. The molecule has 0 aliphatic carbocycles. The minimum Gasteiger partial charge on any atom is -0.371 e. The number of benzene rings is 1. The van der Waals surface area contributed by atoms with Gasteiger partial charge >= 0.3 is 0 Å². The highest BCUT2D eigenvalue weighted by molar-refractivity contribution is 7.94. The lowest BCUT2D eigenvalue weighted by molar-refractivity contribution is -0.118. The number of anilines is 2. The highest BCUT2D eigenvalue weighted by Crippen LogP contribution is 2.39. The predicted octanol–water partition coefficient (Wildman–Crippen LogP) is 2.02. The molecule has 0 saturated heterocycles. The smallest absolute Gasteiger partial charge is 0.271 e. The fourth-order valence-electron chi connectivity index (χ4n) is 2.27. The lowest BCUT2D eigenvalue weighted by Gasteiger charge is -2.14. The lowest BCUT2D eigenvalue weighted by atomic mass is 10.1. The van der Waals surface area contributed by atoms with E-state index in [0.29, 0.717) is 12.1 Å². The van der Waals surface area contributed by atoms with Crippen LogP contribution in [0.2, 0.25) is 5.02 Å². The van der Waals surface area contributed by atoms with Crippen molar-refractivity contribution in [2.75, 3.05) is 10.0 Å². The van der Waals surface area contributed by atoms with Crippen LogP contribution < -0.4 is 15.8 Å². The Kier molecular flexibility index (Phi) is 3.75. The maximum Gasteiger partial charge on any atom is 0.271 e. The number of carbonyl (C=O) groups excluding carboxylic acids is 1. The minimum atomic E-state index is -3.72. The van der Waals surface area contributed by atoms with E-state index in [0.717, 1.165) is 16.9 Å². The molecule has 4 N–H and O–H groups in total. The Morgan fingerprint density at radius 1 is 1.41 bits per heavy atom. The maximum absolute atomic E-state index is 12.4. The van der Waals surface area contributed by atoms with Crippen LogP contribution in [0.5, 0.6) is 0 Å². The number of halogens is 1. The van der Waals surface area contributed by atoms with Gasteiger partial charge in [0.2, 0.25) is 5.91 Å². The van der Waals surface area contributed by atoms with Gasteiger partial charge in [0, 0.05) is 6.42 Å². The summed E-state index contributed by atoms with van der Waals surface area (Å²) >= 11 is 7.23. The molecule has 1 atom stereocenters. The largest absolute Gasteiger partial charge is 0.371 e. The van der Waals surface area contributed by atoms with Crippen molar-refractivity contribution in [1.82, 2.24) is 0 Å². The third-order valence-corrected chi connectivity index (χ3v) is 6.39. The molecule has 1 aliphatic heterocycles. The fraction of sp³-hybridized carbons (Fsp3) is 0.154. The van der Waals surface area contributed by atoms with E-state index < -0.39 is 22.0 Å². The number of sulfonamides is 1. The van der Waals surface area contributed by atoms with Crippen LogP contribution in [-0.2, 0) is 21.2 Å². The number of amides is 1. The average Bonchev–Trinajstić information content (AvgIpc) is 3.10. The number of rotatable bonds is 4. The number of thiophene rings is 1. The molecule has 1 aromatic carbocycles.